The van der Waals surface area contributed by atoms with Crippen molar-refractivity contribution in [1.82, 2.24) is 9.55 Å². The second-order valence-corrected chi connectivity index (χ2v) is 5.53. The highest BCUT2D eigenvalue weighted by atomic mass is 15.0. The van der Waals surface area contributed by atoms with E-state index in [1.807, 2.05) is 12.4 Å². The van der Waals surface area contributed by atoms with E-state index in [2.05, 4.69) is 71.2 Å². The zero-order chi connectivity index (χ0) is 14.2. The molecule has 0 amide bonds. The first-order chi connectivity index (χ1) is 10.3. The second kappa shape index (κ2) is 4.74. The lowest BCUT2D eigenvalue weighted by atomic mass is 10.1. The van der Waals surface area contributed by atoms with E-state index in [4.69, 9.17) is 0 Å². The first-order valence-corrected chi connectivity index (χ1v) is 7.18. The van der Waals surface area contributed by atoms with Crippen LogP contribution in [-0.4, -0.2) is 9.55 Å². The highest BCUT2D eigenvalue weighted by Crippen LogP contribution is 2.34. The number of aromatic nitrogens is 2. The van der Waals surface area contributed by atoms with Crippen LogP contribution >= 0.6 is 0 Å². The Morgan fingerprint density at radius 3 is 2.62 bits per heavy atom. The van der Waals surface area contributed by atoms with Gasteiger partial charge in [-0.15, -0.1) is 0 Å². The summed E-state index contributed by atoms with van der Waals surface area (Å²) in [5, 5.41) is 1.29. The zero-order valence-corrected chi connectivity index (χ0v) is 12.0. The topological polar surface area (TPSA) is 17.8 Å². The molecular formula is C19H16N2. The molecule has 1 aliphatic heterocycles. The SMILES string of the molecule is Cc1ccc(Cn2ccc3cc4ccnccc-4c32)cc1. The molecule has 1 aliphatic carbocycles. The minimum absolute atomic E-state index is 0.898. The zero-order valence-electron chi connectivity index (χ0n) is 12.0. The van der Waals surface area contributed by atoms with Crippen LogP contribution in [0.25, 0.3) is 22.0 Å². The van der Waals surface area contributed by atoms with Crippen molar-refractivity contribution in [3.8, 4) is 11.1 Å². The molecule has 2 aromatic rings. The van der Waals surface area contributed by atoms with Gasteiger partial charge in [-0.25, -0.2) is 0 Å². The Kier molecular flexibility index (Phi) is 2.74. The predicted molar refractivity (Wildman–Crippen MR) is 86.6 cm³/mol. The summed E-state index contributed by atoms with van der Waals surface area (Å²) in [6, 6.07) is 17.3. The normalized spacial score (nSPS) is 11.3. The van der Waals surface area contributed by atoms with Crippen LogP contribution in [0.4, 0.5) is 0 Å². The predicted octanol–water partition coefficient (Wildman–Crippen LogP) is 4.50. The monoisotopic (exact) mass is 272 g/mol. The molecule has 1 aromatic heterocycles. The summed E-state index contributed by atoms with van der Waals surface area (Å²) in [4.78, 5) is 4.20. The quantitative estimate of drug-likeness (QED) is 0.525. The largest absolute Gasteiger partial charge is 0.343 e. The molecule has 1 aromatic carbocycles. The molecule has 2 heterocycles. The smallest absolute Gasteiger partial charge is 0.0563 e. The second-order valence-electron chi connectivity index (χ2n) is 5.53. The first kappa shape index (κ1) is 12.2. The first-order valence-electron chi connectivity index (χ1n) is 7.18. The molecule has 0 fully saturated rings. The fourth-order valence-corrected chi connectivity index (χ4v) is 2.92. The molecule has 2 heteroatoms. The molecular weight excluding hydrogens is 256 g/mol. The van der Waals surface area contributed by atoms with Crippen molar-refractivity contribution in [1.29, 1.82) is 0 Å². The van der Waals surface area contributed by atoms with Gasteiger partial charge in [0.2, 0.25) is 0 Å². The van der Waals surface area contributed by atoms with Crippen LogP contribution in [0.5, 0.6) is 0 Å². The molecule has 21 heavy (non-hydrogen) atoms. The van der Waals surface area contributed by atoms with E-state index in [9.17, 15) is 0 Å². The van der Waals surface area contributed by atoms with Crippen LogP contribution < -0.4 is 0 Å². The highest BCUT2D eigenvalue weighted by Gasteiger charge is 2.12. The van der Waals surface area contributed by atoms with Gasteiger partial charge in [-0.3, -0.25) is 4.98 Å². The lowest BCUT2D eigenvalue weighted by Gasteiger charge is -2.07. The van der Waals surface area contributed by atoms with Crippen molar-refractivity contribution in [2.75, 3.05) is 0 Å². The third-order valence-electron chi connectivity index (χ3n) is 4.01. The van der Waals surface area contributed by atoms with E-state index in [0.29, 0.717) is 0 Å². The number of nitrogens with zero attached hydrogens (tertiary/aromatic N) is 2. The third kappa shape index (κ3) is 2.09. The number of fused-ring (bicyclic) bond motifs is 3. The van der Waals surface area contributed by atoms with Crippen molar-refractivity contribution < 1.29 is 0 Å². The van der Waals surface area contributed by atoms with Crippen molar-refractivity contribution in [3.05, 3.63) is 78.2 Å². The van der Waals surface area contributed by atoms with E-state index in [1.54, 1.807) is 0 Å². The average molecular weight is 272 g/mol. The number of hydrogen-bond donors (Lipinski definition) is 0. The van der Waals surface area contributed by atoms with Gasteiger partial charge in [-0.05, 0) is 42.3 Å². The molecule has 0 saturated heterocycles. The molecule has 0 N–H and O–H groups in total. The number of benzene rings is 1. The number of rotatable bonds is 2. The van der Waals surface area contributed by atoms with E-state index in [0.717, 1.165) is 6.54 Å². The van der Waals surface area contributed by atoms with E-state index in [-0.39, 0.29) is 0 Å². The van der Waals surface area contributed by atoms with Gasteiger partial charge < -0.3 is 4.57 Å². The van der Waals surface area contributed by atoms with E-state index >= 15 is 0 Å². The molecule has 0 spiro atoms. The summed E-state index contributed by atoms with van der Waals surface area (Å²) in [5.41, 5.74) is 6.43. The van der Waals surface area contributed by atoms with Crippen LogP contribution in [-0.2, 0) is 6.54 Å². The summed E-state index contributed by atoms with van der Waals surface area (Å²) in [7, 11) is 0. The standard InChI is InChI=1S/C19H16N2/c1-14-2-4-15(5-3-14)13-21-11-8-17-12-16-6-9-20-10-7-18(16)19(17)21/h2-12H,13H2,1H3. The van der Waals surface area contributed by atoms with Crippen molar-refractivity contribution in [2.24, 2.45) is 0 Å². The maximum absolute atomic E-state index is 4.20. The fraction of sp³-hybridized carbons (Fsp3) is 0.105. The Balaban J connectivity index is 1.83. The van der Waals surface area contributed by atoms with Crippen molar-refractivity contribution >= 4 is 10.9 Å². The average Bonchev–Trinajstić information content (AvgIpc) is 2.94. The highest BCUT2D eigenvalue weighted by molar-refractivity contribution is 6.00. The fourth-order valence-electron chi connectivity index (χ4n) is 2.92. The van der Waals surface area contributed by atoms with Gasteiger partial charge in [0.1, 0.15) is 0 Å². The Morgan fingerprint density at radius 2 is 1.76 bits per heavy atom. The van der Waals surface area contributed by atoms with Gasteiger partial charge in [0.15, 0.2) is 0 Å². The summed E-state index contributed by atoms with van der Waals surface area (Å²) in [5.74, 6) is 0. The van der Waals surface area contributed by atoms with Crippen LogP contribution in [0.3, 0.4) is 0 Å². The van der Waals surface area contributed by atoms with Gasteiger partial charge in [0.05, 0.1) is 5.52 Å². The van der Waals surface area contributed by atoms with Gasteiger partial charge >= 0.3 is 0 Å². The van der Waals surface area contributed by atoms with E-state index in [1.165, 1.54) is 33.2 Å². The summed E-state index contributed by atoms with van der Waals surface area (Å²) >= 11 is 0. The molecule has 102 valence electrons. The summed E-state index contributed by atoms with van der Waals surface area (Å²) < 4.78 is 2.32. The summed E-state index contributed by atoms with van der Waals surface area (Å²) in [6.07, 6.45) is 5.89. The molecule has 0 saturated carbocycles. The molecule has 0 radical (unpaired) electrons. The van der Waals surface area contributed by atoms with E-state index < -0.39 is 0 Å². The maximum atomic E-state index is 4.20. The minimum atomic E-state index is 0.898. The van der Waals surface area contributed by atoms with Gasteiger partial charge in [-0.2, -0.15) is 0 Å². The van der Waals surface area contributed by atoms with Crippen LogP contribution in [0.2, 0.25) is 0 Å². The van der Waals surface area contributed by atoms with Crippen molar-refractivity contribution in [2.45, 2.75) is 13.5 Å². The lowest BCUT2D eigenvalue weighted by Crippen LogP contribution is -1.97. The molecule has 0 atom stereocenters. The molecule has 2 nitrogen and oxygen atoms in total. The Labute approximate surface area is 124 Å². The van der Waals surface area contributed by atoms with Crippen LogP contribution in [0.15, 0.2) is 67.1 Å². The van der Waals surface area contributed by atoms with Crippen molar-refractivity contribution in [3.63, 3.8) is 0 Å². The Morgan fingerprint density at radius 1 is 0.952 bits per heavy atom. The maximum Gasteiger partial charge on any atom is 0.0563 e. The Hall–Kier alpha value is -2.61. The molecule has 0 bridgehead atoms. The Bertz CT molecular complexity index is 872. The van der Waals surface area contributed by atoms with Gasteiger partial charge in [-0.1, -0.05) is 29.8 Å². The number of hydrogen-bond acceptors (Lipinski definition) is 1. The molecule has 2 aliphatic rings. The lowest BCUT2D eigenvalue weighted by molar-refractivity contribution is 0.837. The minimum Gasteiger partial charge on any atom is -0.343 e. The molecule has 4 rings (SSSR count). The molecule has 0 unspecified atom stereocenters. The van der Waals surface area contributed by atoms with Crippen LogP contribution in [0.1, 0.15) is 11.1 Å². The number of aryl methyl sites for hydroxylation is 1. The van der Waals surface area contributed by atoms with Gasteiger partial charge in [0, 0.05) is 36.1 Å². The van der Waals surface area contributed by atoms with Gasteiger partial charge in [0.25, 0.3) is 0 Å². The van der Waals surface area contributed by atoms with Crippen LogP contribution in [0, 0.1) is 6.92 Å². The third-order valence-corrected chi connectivity index (χ3v) is 4.01. The summed E-state index contributed by atoms with van der Waals surface area (Å²) in [6.45, 7) is 3.02.